The first kappa shape index (κ1) is 29.8. The molecule has 0 spiro atoms. The Hall–Kier alpha value is -3.92. The Bertz CT molecular complexity index is 1540. The number of hydrogen-bond acceptors (Lipinski definition) is 7. The number of nitrogens with one attached hydrogen (secondary N) is 3. The highest BCUT2D eigenvalue weighted by Crippen LogP contribution is 2.57. The highest BCUT2D eigenvalue weighted by Gasteiger charge is 2.48. The van der Waals surface area contributed by atoms with Gasteiger partial charge in [-0.05, 0) is 98.3 Å². The zero-order valence-electron chi connectivity index (χ0n) is 25.5. The van der Waals surface area contributed by atoms with Crippen LogP contribution in [0.2, 0.25) is 5.02 Å². The lowest BCUT2D eigenvalue weighted by atomic mass is 9.51. The van der Waals surface area contributed by atoms with Crippen molar-refractivity contribution in [2.45, 2.75) is 64.0 Å². The molecule has 236 valence electrons. The lowest BCUT2D eigenvalue weighted by Crippen LogP contribution is -2.47. The quantitative estimate of drug-likeness (QED) is 0.221. The molecule has 3 heterocycles. The molecule has 5 fully saturated rings. The number of halogens is 1. The van der Waals surface area contributed by atoms with Gasteiger partial charge in [-0.2, -0.15) is 10.1 Å². The molecule has 2 amide bonds. The van der Waals surface area contributed by atoms with Gasteiger partial charge in [0.25, 0.3) is 0 Å². The van der Waals surface area contributed by atoms with Crippen molar-refractivity contribution in [3.8, 4) is 0 Å². The molecule has 1 aliphatic heterocycles. The molecule has 8 rings (SSSR count). The van der Waals surface area contributed by atoms with Crippen molar-refractivity contribution >= 4 is 46.6 Å². The molecule has 1 aromatic carbocycles. The van der Waals surface area contributed by atoms with E-state index in [1.165, 1.54) is 38.2 Å². The van der Waals surface area contributed by atoms with Gasteiger partial charge in [0, 0.05) is 37.9 Å². The smallest absolute Gasteiger partial charge is 0.247 e. The molecule has 4 aliphatic carbocycles. The summed E-state index contributed by atoms with van der Waals surface area (Å²) in [5, 5.41) is 14.3. The maximum atomic E-state index is 13.3. The van der Waals surface area contributed by atoms with Gasteiger partial charge in [-0.25, -0.2) is 4.98 Å². The van der Waals surface area contributed by atoms with Gasteiger partial charge in [0.05, 0.1) is 24.1 Å². The minimum atomic E-state index is -0.263. The van der Waals surface area contributed by atoms with Crippen LogP contribution in [-0.2, 0) is 16.1 Å². The number of rotatable bonds is 10. The van der Waals surface area contributed by atoms with Crippen molar-refractivity contribution in [3.63, 3.8) is 0 Å². The first-order chi connectivity index (χ1) is 21.9. The zero-order chi connectivity index (χ0) is 30.9. The van der Waals surface area contributed by atoms with E-state index in [1.807, 2.05) is 35.1 Å². The molecule has 4 bridgehead atoms. The monoisotopic (exact) mass is 628 g/mol. The number of carbonyl (C=O) groups is 2. The molecule has 3 aromatic rings. The van der Waals surface area contributed by atoms with Crippen LogP contribution >= 0.6 is 11.6 Å². The van der Waals surface area contributed by atoms with E-state index in [-0.39, 0.29) is 11.9 Å². The summed E-state index contributed by atoms with van der Waals surface area (Å²) >= 11 is 6.38. The van der Waals surface area contributed by atoms with Crippen LogP contribution in [0.5, 0.6) is 0 Å². The average Bonchev–Trinajstić information content (AvgIpc) is 3.51. The Kier molecular flexibility index (Phi) is 8.49. The highest BCUT2D eigenvalue weighted by atomic mass is 35.5. The predicted molar refractivity (Wildman–Crippen MR) is 175 cm³/mol. The topological polar surface area (TPSA) is 117 Å². The largest absolute Gasteiger partial charge is 0.365 e. The molecular formula is C34H41ClN8O2. The molecule has 11 heteroatoms. The third-order valence-corrected chi connectivity index (χ3v) is 10.7. The molecule has 0 atom stereocenters. The molecule has 4 saturated carbocycles. The SMILES string of the molecule is C=CC(=O)Nc1cccc(CNc2nc(Nc3cnn(C4CCN(C(=O)CC5[C@H]6C[C@@H]7C[C@@H](C[C@H]5C7)C6)CC4)c3)ncc2Cl)c1. The van der Waals surface area contributed by atoms with Crippen LogP contribution in [-0.4, -0.2) is 49.6 Å². The summed E-state index contributed by atoms with van der Waals surface area (Å²) in [6.07, 6.45) is 16.0. The van der Waals surface area contributed by atoms with Crippen LogP contribution in [0.15, 0.2) is 55.5 Å². The fraction of sp³-hybridized carbons (Fsp3) is 0.500. The Labute approximate surface area is 269 Å². The van der Waals surface area contributed by atoms with Crippen molar-refractivity contribution in [1.82, 2.24) is 24.6 Å². The number of likely N-dealkylation sites (tertiary alicyclic amines) is 1. The normalized spacial score (nSPS) is 25.6. The van der Waals surface area contributed by atoms with Crippen molar-refractivity contribution in [2.75, 3.05) is 29.0 Å². The van der Waals surface area contributed by atoms with E-state index in [0.29, 0.717) is 40.8 Å². The van der Waals surface area contributed by atoms with Crippen molar-refractivity contribution in [2.24, 2.45) is 29.6 Å². The fourth-order valence-corrected chi connectivity index (χ4v) is 8.66. The van der Waals surface area contributed by atoms with Crippen LogP contribution in [0.1, 0.15) is 63.0 Å². The van der Waals surface area contributed by atoms with Gasteiger partial charge < -0.3 is 20.9 Å². The Balaban J connectivity index is 0.906. The summed E-state index contributed by atoms with van der Waals surface area (Å²) in [6.45, 7) is 5.52. The van der Waals surface area contributed by atoms with Crippen LogP contribution in [0.3, 0.4) is 0 Å². The maximum absolute atomic E-state index is 13.3. The Morgan fingerprint density at radius 3 is 2.51 bits per heavy atom. The molecule has 3 N–H and O–H groups in total. The van der Waals surface area contributed by atoms with E-state index in [9.17, 15) is 9.59 Å². The predicted octanol–water partition coefficient (Wildman–Crippen LogP) is 6.43. The molecule has 2 aromatic heterocycles. The minimum absolute atomic E-state index is 0.251. The number of piperidine rings is 1. The molecule has 0 unspecified atom stereocenters. The van der Waals surface area contributed by atoms with Gasteiger partial charge in [0.15, 0.2) is 5.82 Å². The zero-order valence-corrected chi connectivity index (χ0v) is 26.3. The van der Waals surface area contributed by atoms with Gasteiger partial charge >= 0.3 is 0 Å². The molecule has 0 radical (unpaired) electrons. The summed E-state index contributed by atoms with van der Waals surface area (Å²) in [6, 6.07) is 7.76. The summed E-state index contributed by atoms with van der Waals surface area (Å²) in [4.78, 5) is 36.0. The molecule has 1 saturated heterocycles. The number of nitrogens with zero attached hydrogens (tertiary/aromatic N) is 5. The maximum Gasteiger partial charge on any atom is 0.247 e. The number of carbonyl (C=O) groups excluding carboxylic acids is 2. The number of aromatic nitrogens is 4. The first-order valence-electron chi connectivity index (χ1n) is 16.3. The van der Waals surface area contributed by atoms with Gasteiger partial charge in [-0.15, -0.1) is 0 Å². The van der Waals surface area contributed by atoms with Gasteiger partial charge in [-0.3, -0.25) is 14.3 Å². The molecular weight excluding hydrogens is 588 g/mol. The Morgan fingerprint density at radius 2 is 1.78 bits per heavy atom. The van der Waals surface area contributed by atoms with E-state index in [2.05, 4.69) is 42.5 Å². The van der Waals surface area contributed by atoms with E-state index >= 15 is 0 Å². The minimum Gasteiger partial charge on any atom is -0.365 e. The summed E-state index contributed by atoms with van der Waals surface area (Å²) in [7, 11) is 0. The second kappa shape index (κ2) is 12.8. The molecule has 5 aliphatic rings. The standard InChI is InChI=1S/C34H41ClN8O2/c1-2-31(44)39-26-5-3-4-21(15-26)17-36-33-30(35)19-37-34(41-33)40-27-18-38-43(20-27)28-6-8-42(9-7-28)32(45)16-29-24-11-22-10-23(13-24)14-25(29)12-22/h2-5,15,18-20,22-25,28-29H,1,6-14,16-17H2,(H,39,44)(H2,36,37,40,41)/t22-,23+,24-,25+,29?. The summed E-state index contributed by atoms with van der Waals surface area (Å²) < 4.78 is 2.00. The number of benzene rings is 1. The second-order valence-corrected chi connectivity index (χ2v) is 13.8. The number of amides is 2. The van der Waals surface area contributed by atoms with Gasteiger partial charge in [-0.1, -0.05) is 30.3 Å². The highest BCUT2D eigenvalue weighted by molar-refractivity contribution is 6.32. The lowest BCUT2D eigenvalue weighted by Gasteiger charge is -2.54. The lowest BCUT2D eigenvalue weighted by molar-refractivity contribution is -0.137. The van der Waals surface area contributed by atoms with E-state index in [1.54, 1.807) is 12.4 Å². The Morgan fingerprint density at radius 1 is 1.02 bits per heavy atom. The average molecular weight is 629 g/mol. The first-order valence-corrected chi connectivity index (χ1v) is 16.7. The van der Waals surface area contributed by atoms with Crippen molar-refractivity contribution in [1.29, 1.82) is 0 Å². The number of anilines is 4. The third kappa shape index (κ3) is 6.71. The van der Waals surface area contributed by atoms with Gasteiger partial charge in [0.1, 0.15) is 5.02 Å². The second-order valence-electron chi connectivity index (χ2n) is 13.4. The summed E-state index contributed by atoms with van der Waals surface area (Å²) in [5.41, 5.74) is 2.42. The molecule has 45 heavy (non-hydrogen) atoms. The van der Waals surface area contributed by atoms with E-state index in [0.717, 1.165) is 67.3 Å². The van der Waals surface area contributed by atoms with Crippen molar-refractivity contribution in [3.05, 3.63) is 66.1 Å². The van der Waals surface area contributed by atoms with Crippen molar-refractivity contribution < 1.29 is 9.59 Å². The third-order valence-electron chi connectivity index (χ3n) is 10.5. The van der Waals surface area contributed by atoms with Crippen LogP contribution < -0.4 is 16.0 Å². The van der Waals surface area contributed by atoms with Crippen LogP contribution in [0, 0.1) is 29.6 Å². The van der Waals surface area contributed by atoms with E-state index < -0.39 is 0 Å². The van der Waals surface area contributed by atoms with Gasteiger partial charge in [0.2, 0.25) is 17.8 Å². The molecule has 10 nitrogen and oxygen atoms in total. The van der Waals surface area contributed by atoms with Crippen LogP contribution in [0.25, 0.3) is 0 Å². The fourth-order valence-electron chi connectivity index (χ4n) is 8.50. The van der Waals surface area contributed by atoms with E-state index in [4.69, 9.17) is 11.6 Å². The number of hydrogen-bond donors (Lipinski definition) is 3. The van der Waals surface area contributed by atoms with Crippen LogP contribution in [0.4, 0.5) is 23.1 Å². The summed E-state index contributed by atoms with van der Waals surface area (Å²) in [5.74, 6) is 5.10.